The molecule has 0 fully saturated rings. The molecule has 0 saturated heterocycles. The van der Waals surface area contributed by atoms with Gasteiger partial charge in [-0.1, -0.05) is 19.9 Å². The second-order valence-corrected chi connectivity index (χ2v) is 5.24. The molecule has 0 unspecified atom stereocenters. The third-order valence-electron chi connectivity index (χ3n) is 2.87. The number of methoxy groups -OCH3 is 1. The van der Waals surface area contributed by atoms with E-state index in [9.17, 15) is 4.79 Å². The number of rotatable bonds is 7. The molecule has 1 aromatic rings. The standard InChI is InChI=1S/C16H24O3/c1-11(2)13-6-7-16(19-12(3)4)14(10-13)15(17)8-9-18-5/h6-7,10-12H,8-9H2,1-5H3. The van der Waals surface area contributed by atoms with Crippen LogP contribution in [-0.2, 0) is 4.74 Å². The molecule has 0 saturated carbocycles. The smallest absolute Gasteiger partial charge is 0.168 e. The van der Waals surface area contributed by atoms with E-state index >= 15 is 0 Å². The Bertz CT molecular complexity index is 422. The van der Waals surface area contributed by atoms with Crippen molar-refractivity contribution in [3.63, 3.8) is 0 Å². The van der Waals surface area contributed by atoms with E-state index in [2.05, 4.69) is 13.8 Å². The maximum Gasteiger partial charge on any atom is 0.168 e. The van der Waals surface area contributed by atoms with E-state index in [0.717, 1.165) is 5.56 Å². The lowest BCUT2D eigenvalue weighted by atomic mass is 9.97. The SMILES string of the molecule is COCCC(=O)c1cc(C(C)C)ccc1OC(C)C. The Morgan fingerprint density at radius 3 is 2.42 bits per heavy atom. The van der Waals surface area contributed by atoms with E-state index in [0.29, 0.717) is 30.3 Å². The molecule has 0 bridgehead atoms. The first kappa shape index (κ1) is 15.7. The van der Waals surface area contributed by atoms with Gasteiger partial charge in [-0.25, -0.2) is 0 Å². The van der Waals surface area contributed by atoms with Gasteiger partial charge in [-0.3, -0.25) is 4.79 Å². The van der Waals surface area contributed by atoms with Gasteiger partial charge in [-0.2, -0.15) is 0 Å². The fraction of sp³-hybridized carbons (Fsp3) is 0.562. The average Bonchev–Trinajstić information content (AvgIpc) is 2.35. The first-order valence-electron chi connectivity index (χ1n) is 6.78. The summed E-state index contributed by atoms with van der Waals surface area (Å²) >= 11 is 0. The summed E-state index contributed by atoms with van der Waals surface area (Å²) in [6, 6.07) is 5.87. The molecule has 0 radical (unpaired) electrons. The van der Waals surface area contributed by atoms with Crippen molar-refractivity contribution < 1.29 is 14.3 Å². The third kappa shape index (κ3) is 4.67. The molecular formula is C16H24O3. The van der Waals surface area contributed by atoms with Crippen LogP contribution >= 0.6 is 0 Å². The van der Waals surface area contributed by atoms with Gasteiger partial charge in [-0.05, 0) is 37.5 Å². The lowest BCUT2D eigenvalue weighted by Gasteiger charge is -2.16. The van der Waals surface area contributed by atoms with Crippen LogP contribution in [0.1, 0.15) is 56.0 Å². The van der Waals surface area contributed by atoms with E-state index in [-0.39, 0.29) is 11.9 Å². The Balaban J connectivity index is 3.06. The minimum absolute atomic E-state index is 0.0545. The lowest BCUT2D eigenvalue weighted by Crippen LogP contribution is -2.12. The van der Waals surface area contributed by atoms with Gasteiger partial charge in [0.25, 0.3) is 0 Å². The van der Waals surface area contributed by atoms with Crippen LogP contribution in [0.3, 0.4) is 0 Å². The van der Waals surface area contributed by atoms with E-state index in [1.165, 1.54) is 0 Å². The fourth-order valence-electron chi connectivity index (χ4n) is 1.81. The van der Waals surface area contributed by atoms with E-state index in [4.69, 9.17) is 9.47 Å². The number of ether oxygens (including phenoxy) is 2. The summed E-state index contributed by atoms with van der Waals surface area (Å²) in [5.41, 5.74) is 1.81. The number of hydrogen-bond acceptors (Lipinski definition) is 3. The molecule has 0 aliphatic carbocycles. The van der Waals surface area contributed by atoms with Crippen LogP contribution in [0.25, 0.3) is 0 Å². The average molecular weight is 264 g/mol. The molecule has 3 heteroatoms. The molecule has 106 valence electrons. The summed E-state index contributed by atoms with van der Waals surface area (Å²) in [7, 11) is 1.60. The highest BCUT2D eigenvalue weighted by Gasteiger charge is 2.15. The summed E-state index contributed by atoms with van der Waals surface area (Å²) in [6.07, 6.45) is 0.436. The maximum absolute atomic E-state index is 12.2. The Morgan fingerprint density at radius 1 is 1.21 bits per heavy atom. The second-order valence-electron chi connectivity index (χ2n) is 5.24. The first-order valence-corrected chi connectivity index (χ1v) is 6.78. The molecule has 3 nitrogen and oxygen atoms in total. The van der Waals surface area contributed by atoms with Gasteiger partial charge in [0.1, 0.15) is 5.75 Å². The van der Waals surface area contributed by atoms with Gasteiger partial charge >= 0.3 is 0 Å². The van der Waals surface area contributed by atoms with Crippen LogP contribution in [0, 0.1) is 0 Å². The van der Waals surface area contributed by atoms with Crippen molar-refractivity contribution in [3.8, 4) is 5.75 Å². The highest BCUT2D eigenvalue weighted by molar-refractivity contribution is 5.99. The molecule has 0 heterocycles. The fourth-order valence-corrected chi connectivity index (χ4v) is 1.81. The second kappa shape index (κ2) is 7.29. The Morgan fingerprint density at radius 2 is 1.89 bits per heavy atom. The number of hydrogen-bond donors (Lipinski definition) is 0. The number of ketones is 1. The number of Topliss-reactive ketones (excluding diaryl/α,β-unsaturated/α-hetero) is 1. The Kier molecular flexibility index (Phi) is 6.03. The number of carbonyl (C=O) groups excluding carboxylic acids is 1. The third-order valence-corrected chi connectivity index (χ3v) is 2.87. The molecule has 0 aliphatic rings. The number of carbonyl (C=O) groups is 1. The van der Waals surface area contributed by atoms with E-state index in [1.54, 1.807) is 7.11 Å². The van der Waals surface area contributed by atoms with Crippen molar-refractivity contribution in [2.75, 3.05) is 13.7 Å². The molecular weight excluding hydrogens is 240 g/mol. The highest BCUT2D eigenvalue weighted by Crippen LogP contribution is 2.26. The predicted octanol–water partition coefficient (Wildman–Crippen LogP) is 3.82. The predicted molar refractivity (Wildman–Crippen MR) is 77.1 cm³/mol. The first-order chi connectivity index (χ1) is 8.95. The van der Waals surface area contributed by atoms with Crippen LogP contribution in [0.4, 0.5) is 0 Å². The molecule has 0 aromatic heterocycles. The molecule has 0 atom stereocenters. The van der Waals surface area contributed by atoms with Crippen molar-refractivity contribution in [1.82, 2.24) is 0 Å². The van der Waals surface area contributed by atoms with Crippen molar-refractivity contribution >= 4 is 5.78 Å². The van der Waals surface area contributed by atoms with Gasteiger partial charge < -0.3 is 9.47 Å². The Hall–Kier alpha value is -1.35. The molecule has 0 aliphatic heterocycles. The van der Waals surface area contributed by atoms with Gasteiger partial charge in [-0.15, -0.1) is 0 Å². The van der Waals surface area contributed by atoms with Crippen molar-refractivity contribution in [2.45, 2.75) is 46.1 Å². The highest BCUT2D eigenvalue weighted by atomic mass is 16.5. The monoisotopic (exact) mass is 264 g/mol. The number of benzene rings is 1. The largest absolute Gasteiger partial charge is 0.490 e. The lowest BCUT2D eigenvalue weighted by molar-refractivity contribution is 0.0926. The Labute approximate surface area is 115 Å². The summed E-state index contributed by atoms with van der Waals surface area (Å²) in [5, 5.41) is 0. The van der Waals surface area contributed by atoms with Crippen molar-refractivity contribution in [1.29, 1.82) is 0 Å². The molecule has 0 N–H and O–H groups in total. The van der Waals surface area contributed by atoms with Gasteiger partial charge in [0.05, 0.1) is 18.3 Å². The molecule has 0 amide bonds. The quantitative estimate of drug-likeness (QED) is 0.702. The van der Waals surface area contributed by atoms with Crippen LogP contribution in [0.15, 0.2) is 18.2 Å². The molecule has 19 heavy (non-hydrogen) atoms. The minimum Gasteiger partial charge on any atom is -0.490 e. The molecule has 0 spiro atoms. The van der Waals surface area contributed by atoms with Gasteiger partial charge in [0.2, 0.25) is 0 Å². The van der Waals surface area contributed by atoms with Crippen LogP contribution in [0.5, 0.6) is 5.75 Å². The zero-order valence-corrected chi connectivity index (χ0v) is 12.5. The van der Waals surface area contributed by atoms with Crippen LogP contribution < -0.4 is 4.74 Å². The maximum atomic E-state index is 12.2. The topological polar surface area (TPSA) is 35.5 Å². The van der Waals surface area contributed by atoms with Crippen LogP contribution in [-0.4, -0.2) is 25.6 Å². The zero-order chi connectivity index (χ0) is 14.4. The minimum atomic E-state index is 0.0545. The summed E-state index contributed by atoms with van der Waals surface area (Å²) in [4.78, 5) is 12.2. The zero-order valence-electron chi connectivity index (χ0n) is 12.5. The van der Waals surface area contributed by atoms with Gasteiger partial charge in [0, 0.05) is 13.5 Å². The normalized spacial score (nSPS) is 11.1. The molecule has 1 aromatic carbocycles. The van der Waals surface area contributed by atoms with Crippen molar-refractivity contribution in [3.05, 3.63) is 29.3 Å². The summed E-state index contributed by atoms with van der Waals surface area (Å²) in [5.74, 6) is 1.13. The van der Waals surface area contributed by atoms with Crippen molar-refractivity contribution in [2.24, 2.45) is 0 Å². The molecule has 1 rings (SSSR count). The summed E-state index contributed by atoms with van der Waals surface area (Å²) < 4.78 is 10.7. The van der Waals surface area contributed by atoms with E-state index < -0.39 is 0 Å². The van der Waals surface area contributed by atoms with E-state index in [1.807, 2.05) is 32.0 Å². The summed E-state index contributed by atoms with van der Waals surface area (Å²) in [6.45, 7) is 8.58. The van der Waals surface area contributed by atoms with Crippen LogP contribution in [0.2, 0.25) is 0 Å². The van der Waals surface area contributed by atoms with Gasteiger partial charge in [0.15, 0.2) is 5.78 Å².